The zero-order valence-electron chi connectivity index (χ0n) is 11.2. The topological polar surface area (TPSA) is 94.5 Å². The van der Waals surface area contributed by atoms with Crippen LogP contribution in [0.15, 0.2) is 12.1 Å². The molecular formula is C12H20N4O2. The third-order valence-electron chi connectivity index (χ3n) is 2.06. The SMILES string of the molecule is CN(CC(N)=O)c1ccc(N)c(OC(C)(C)C)n1. The van der Waals surface area contributed by atoms with E-state index in [1.54, 1.807) is 24.1 Å². The summed E-state index contributed by atoms with van der Waals surface area (Å²) >= 11 is 0. The van der Waals surface area contributed by atoms with Crippen LogP contribution in [0.25, 0.3) is 0 Å². The molecule has 0 aliphatic carbocycles. The molecule has 0 aliphatic heterocycles. The highest BCUT2D eigenvalue weighted by atomic mass is 16.5. The lowest BCUT2D eigenvalue weighted by Gasteiger charge is -2.23. The maximum absolute atomic E-state index is 10.9. The fourth-order valence-electron chi connectivity index (χ4n) is 1.34. The molecule has 4 N–H and O–H groups in total. The number of nitrogens with two attached hydrogens (primary N) is 2. The Bertz CT molecular complexity index is 440. The van der Waals surface area contributed by atoms with Crippen LogP contribution in [0.5, 0.6) is 5.88 Å². The van der Waals surface area contributed by atoms with Crippen molar-refractivity contribution in [2.75, 3.05) is 24.2 Å². The number of pyridine rings is 1. The number of carbonyl (C=O) groups excluding carboxylic acids is 1. The molecule has 1 amide bonds. The quantitative estimate of drug-likeness (QED) is 0.825. The molecule has 0 aromatic carbocycles. The molecule has 0 spiro atoms. The number of rotatable bonds is 4. The van der Waals surface area contributed by atoms with E-state index in [4.69, 9.17) is 16.2 Å². The smallest absolute Gasteiger partial charge is 0.239 e. The Labute approximate surface area is 107 Å². The first-order valence-corrected chi connectivity index (χ1v) is 5.64. The Balaban J connectivity index is 2.96. The molecule has 1 aromatic heterocycles. The molecule has 0 fully saturated rings. The van der Waals surface area contributed by atoms with Gasteiger partial charge in [-0.05, 0) is 32.9 Å². The van der Waals surface area contributed by atoms with Gasteiger partial charge in [0.05, 0.1) is 12.2 Å². The Kier molecular flexibility index (Phi) is 4.00. The summed E-state index contributed by atoms with van der Waals surface area (Å²) in [6, 6.07) is 3.41. The molecule has 100 valence electrons. The Morgan fingerprint density at radius 2 is 2.06 bits per heavy atom. The van der Waals surface area contributed by atoms with Gasteiger partial charge in [0.2, 0.25) is 11.8 Å². The molecule has 1 heterocycles. The summed E-state index contributed by atoms with van der Waals surface area (Å²) in [5.41, 5.74) is 11.0. The number of hydrogen-bond acceptors (Lipinski definition) is 5. The summed E-state index contributed by atoms with van der Waals surface area (Å²) in [6.07, 6.45) is 0. The first-order valence-electron chi connectivity index (χ1n) is 5.64. The van der Waals surface area contributed by atoms with Crippen LogP contribution < -0.4 is 21.1 Å². The molecule has 6 heteroatoms. The number of ether oxygens (including phenoxy) is 1. The average Bonchev–Trinajstić information content (AvgIpc) is 2.18. The van der Waals surface area contributed by atoms with E-state index in [-0.39, 0.29) is 12.1 Å². The summed E-state index contributed by atoms with van der Waals surface area (Å²) in [6.45, 7) is 5.82. The van der Waals surface area contributed by atoms with Gasteiger partial charge in [-0.3, -0.25) is 4.79 Å². The van der Waals surface area contributed by atoms with Gasteiger partial charge in [-0.2, -0.15) is 4.98 Å². The van der Waals surface area contributed by atoms with Crippen molar-refractivity contribution in [1.82, 2.24) is 4.98 Å². The molecule has 0 aliphatic rings. The van der Waals surface area contributed by atoms with E-state index in [0.717, 1.165) is 0 Å². The molecule has 0 saturated carbocycles. The Hall–Kier alpha value is -1.98. The highest BCUT2D eigenvalue weighted by Crippen LogP contribution is 2.25. The van der Waals surface area contributed by atoms with E-state index in [9.17, 15) is 4.79 Å². The number of anilines is 2. The van der Waals surface area contributed by atoms with Gasteiger partial charge in [0.25, 0.3) is 0 Å². The molecule has 0 bridgehead atoms. The number of primary amides is 1. The summed E-state index contributed by atoms with van der Waals surface area (Å²) in [7, 11) is 1.73. The second kappa shape index (κ2) is 5.12. The van der Waals surface area contributed by atoms with E-state index in [1.165, 1.54) is 0 Å². The molecule has 0 atom stereocenters. The van der Waals surface area contributed by atoms with E-state index < -0.39 is 5.91 Å². The van der Waals surface area contributed by atoms with Crippen molar-refractivity contribution in [1.29, 1.82) is 0 Å². The third-order valence-corrected chi connectivity index (χ3v) is 2.06. The zero-order chi connectivity index (χ0) is 13.9. The average molecular weight is 252 g/mol. The Morgan fingerprint density at radius 1 is 1.44 bits per heavy atom. The molecular weight excluding hydrogens is 232 g/mol. The number of carbonyl (C=O) groups is 1. The summed E-state index contributed by atoms with van der Waals surface area (Å²) in [4.78, 5) is 16.8. The monoisotopic (exact) mass is 252 g/mol. The number of likely N-dealkylation sites (N-methyl/N-ethyl adjacent to an activating group) is 1. The van der Waals surface area contributed by atoms with Crippen LogP contribution in [0.1, 0.15) is 20.8 Å². The van der Waals surface area contributed by atoms with Crippen molar-refractivity contribution in [3.8, 4) is 5.88 Å². The minimum atomic E-state index is -0.422. The van der Waals surface area contributed by atoms with Crippen LogP contribution >= 0.6 is 0 Å². The molecule has 0 unspecified atom stereocenters. The number of nitrogens with zero attached hydrogens (tertiary/aromatic N) is 2. The normalized spacial score (nSPS) is 11.1. The van der Waals surface area contributed by atoms with Crippen LogP contribution in [-0.2, 0) is 4.79 Å². The van der Waals surface area contributed by atoms with Crippen molar-refractivity contribution in [3.05, 3.63) is 12.1 Å². The highest BCUT2D eigenvalue weighted by Gasteiger charge is 2.16. The highest BCUT2D eigenvalue weighted by molar-refractivity contribution is 5.79. The van der Waals surface area contributed by atoms with Gasteiger partial charge in [0.1, 0.15) is 11.4 Å². The minimum absolute atomic E-state index is 0.0892. The predicted molar refractivity (Wildman–Crippen MR) is 71.5 cm³/mol. The number of amides is 1. The lowest BCUT2D eigenvalue weighted by molar-refractivity contribution is -0.116. The molecule has 0 radical (unpaired) electrons. The van der Waals surface area contributed by atoms with Gasteiger partial charge in [0, 0.05) is 7.05 Å². The second-order valence-corrected chi connectivity index (χ2v) is 5.10. The van der Waals surface area contributed by atoms with Crippen molar-refractivity contribution in [2.24, 2.45) is 5.73 Å². The van der Waals surface area contributed by atoms with Gasteiger partial charge >= 0.3 is 0 Å². The molecule has 6 nitrogen and oxygen atoms in total. The van der Waals surface area contributed by atoms with E-state index in [2.05, 4.69) is 4.98 Å². The third kappa shape index (κ3) is 4.12. The maximum atomic E-state index is 10.9. The van der Waals surface area contributed by atoms with Gasteiger partial charge < -0.3 is 21.1 Å². The summed E-state index contributed by atoms with van der Waals surface area (Å²) < 4.78 is 5.65. The van der Waals surface area contributed by atoms with Crippen molar-refractivity contribution < 1.29 is 9.53 Å². The molecule has 1 rings (SSSR count). The number of aromatic nitrogens is 1. The number of hydrogen-bond donors (Lipinski definition) is 2. The Morgan fingerprint density at radius 3 is 2.56 bits per heavy atom. The fraction of sp³-hybridized carbons (Fsp3) is 0.500. The van der Waals surface area contributed by atoms with E-state index in [1.807, 2.05) is 20.8 Å². The molecule has 18 heavy (non-hydrogen) atoms. The first kappa shape index (κ1) is 14.1. The summed E-state index contributed by atoms with van der Waals surface area (Å²) in [5, 5.41) is 0. The van der Waals surface area contributed by atoms with Gasteiger partial charge in [-0.25, -0.2) is 0 Å². The van der Waals surface area contributed by atoms with Gasteiger partial charge in [0.15, 0.2) is 0 Å². The maximum Gasteiger partial charge on any atom is 0.239 e. The van der Waals surface area contributed by atoms with Crippen LogP contribution in [0.4, 0.5) is 11.5 Å². The first-order chi connectivity index (χ1) is 8.19. The van der Waals surface area contributed by atoms with Crippen LogP contribution in [0, 0.1) is 0 Å². The standard InChI is InChI=1S/C12H20N4O2/c1-12(2,3)18-11-8(13)5-6-10(15-11)16(4)7-9(14)17/h5-6H,7,13H2,1-4H3,(H2,14,17). The van der Waals surface area contributed by atoms with Crippen LogP contribution in [0.3, 0.4) is 0 Å². The van der Waals surface area contributed by atoms with Gasteiger partial charge in [-0.15, -0.1) is 0 Å². The lowest BCUT2D eigenvalue weighted by atomic mass is 10.2. The predicted octanol–water partition coefficient (Wildman–Crippen LogP) is 0.763. The molecule has 1 aromatic rings. The summed E-state index contributed by atoms with van der Waals surface area (Å²) in [5.74, 6) is 0.521. The largest absolute Gasteiger partial charge is 0.470 e. The van der Waals surface area contributed by atoms with E-state index >= 15 is 0 Å². The van der Waals surface area contributed by atoms with Crippen molar-refractivity contribution in [2.45, 2.75) is 26.4 Å². The second-order valence-electron chi connectivity index (χ2n) is 5.10. The van der Waals surface area contributed by atoms with Crippen LogP contribution in [0.2, 0.25) is 0 Å². The molecule has 0 saturated heterocycles. The lowest BCUT2D eigenvalue weighted by Crippen LogP contribution is -2.31. The van der Waals surface area contributed by atoms with E-state index in [0.29, 0.717) is 17.4 Å². The van der Waals surface area contributed by atoms with Gasteiger partial charge in [-0.1, -0.05) is 0 Å². The minimum Gasteiger partial charge on any atom is -0.470 e. The van der Waals surface area contributed by atoms with Crippen LogP contribution in [-0.4, -0.2) is 30.1 Å². The van der Waals surface area contributed by atoms with Crippen molar-refractivity contribution in [3.63, 3.8) is 0 Å². The van der Waals surface area contributed by atoms with Crippen molar-refractivity contribution >= 4 is 17.4 Å². The zero-order valence-corrected chi connectivity index (χ0v) is 11.2. The fourth-order valence-corrected chi connectivity index (χ4v) is 1.34. The number of nitrogen functional groups attached to an aromatic ring is 1.